The standard InChI is InChI=1S/C21H17N3O3/c25-24(26)21-12-22-15-23(21)13-16-6-9-20(10-7-16)27-14-17-5-8-18-3-1-2-4-19(18)11-17/h1-12,15H,13-14H2. The Labute approximate surface area is 155 Å². The van der Waals surface area contributed by atoms with Gasteiger partial charge in [-0.05, 0) is 45.0 Å². The van der Waals surface area contributed by atoms with Gasteiger partial charge in [-0.1, -0.05) is 48.5 Å². The van der Waals surface area contributed by atoms with Crippen molar-refractivity contribution < 1.29 is 9.66 Å². The van der Waals surface area contributed by atoms with E-state index in [4.69, 9.17) is 4.74 Å². The quantitative estimate of drug-likeness (QED) is 0.373. The van der Waals surface area contributed by atoms with Crippen LogP contribution in [0.1, 0.15) is 11.1 Å². The van der Waals surface area contributed by atoms with Crippen molar-refractivity contribution in [2.45, 2.75) is 13.2 Å². The zero-order valence-electron chi connectivity index (χ0n) is 14.5. The van der Waals surface area contributed by atoms with Crippen molar-refractivity contribution in [1.29, 1.82) is 0 Å². The first-order valence-corrected chi connectivity index (χ1v) is 8.53. The zero-order chi connectivity index (χ0) is 18.6. The van der Waals surface area contributed by atoms with E-state index >= 15 is 0 Å². The van der Waals surface area contributed by atoms with Crippen LogP contribution < -0.4 is 4.74 Å². The van der Waals surface area contributed by atoms with Crippen LogP contribution in [0.15, 0.2) is 79.3 Å². The van der Waals surface area contributed by atoms with Gasteiger partial charge in [-0.15, -0.1) is 0 Å². The fourth-order valence-electron chi connectivity index (χ4n) is 2.97. The smallest absolute Gasteiger partial charge is 0.342 e. The highest BCUT2D eigenvalue weighted by molar-refractivity contribution is 5.82. The molecule has 1 aromatic heterocycles. The number of fused-ring (bicyclic) bond motifs is 1. The average Bonchev–Trinajstić information content (AvgIpc) is 3.16. The van der Waals surface area contributed by atoms with Crippen LogP contribution in [-0.2, 0) is 13.2 Å². The highest BCUT2D eigenvalue weighted by atomic mass is 16.6. The molecular formula is C21H17N3O3. The van der Waals surface area contributed by atoms with Gasteiger partial charge in [-0.25, -0.2) is 9.55 Å². The van der Waals surface area contributed by atoms with Crippen molar-refractivity contribution in [3.8, 4) is 5.75 Å². The Kier molecular flexibility index (Phi) is 4.53. The zero-order valence-corrected chi connectivity index (χ0v) is 14.5. The summed E-state index contributed by atoms with van der Waals surface area (Å²) in [5, 5.41) is 13.4. The Morgan fingerprint density at radius 1 is 0.963 bits per heavy atom. The molecule has 0 aliphatic rings. The number of hydrogen-bond acceptors (Lipinski definition) is 4. The van der Waals surface area contributed by atoms with Crippen LogP contribution in [0, 0.1) is 10.1 Å². The molecule has 1 heterocycles. The summed E-state index contributed by atoms with van der Waals surface area (Å²) in [7, 11) is 0. The van der Waals surface area contributed by atoms with Gasteiger partial charge in [0.05, 0.1) is 0 Å². The summed E-state index contributed by atoms with van der Waals surface area (Å²) >= 11 is 0. The number of rotatable bonds is 6. The number of nitrogens with zero attached hydrogens (tertiary/aromatic N) is 3. The average molecular weight is 359 g/mol. The number of benzene rings is 3. The van der Waals surface area contributed by atoms with E-state index in [1.165, 1.54) is 27.9 Å². The molecule has 0 saturated heterocycles. The SMILES string of the molecule is O=[N+]([O-])c1cncn1Cc1ccc(OCc2ccc3ccccc3c2)cc1. The highest BCUT2D eigenvalue weighted by Gasteiger charge is 2.13. The Morgan fingerprint density at radius 2 is 1.70 bits per heavy atom. The number of hydrogen-bond donors (Lipinski definition) is 0. The van der Waals surface area contributed by atoms with Crippen LogP contribution in [0.2, 0.25) is 0 Å². The van der Waals surface area contributed by atoms with Gasteiger partial charge in [0.25, 0.3) is 0 Å². The molecule has 0 bridgehead atoms. The van der Waals surface area contributed by atoms with E-state index in [0.29, 0.717) is 13.2 Å². The molecule has 0 N–H and O–H groups in total. The fourth-order valence-corrected chi connectivity index (χ4v) is 2.97. The fraction of sp³-hybridized carbons (Fsp3) is 0.0952. The molecule has 0 unspecified atom stereocenters. The van der Waals surface area contributed by atoms with Gasteiger partial charge in [-0.2, -0.15) is 0 Å². The molecular weight excluding hydrogens is 342 g/mol. The van der Waals surface area contributed by atoms with E-state index in [1.54, 1.807) is 0 Å². The van der Waals surface area contributed by atoms with Gasteiger partial charge in [0.1, 0.15) is 25.1 Å². The van der Waals surface area contributed by atoms with Gasteiger partial charge >= 0.3 is 5.82 Å². The van der Waals surface area contributed by atoms with Gasteiger partial charge in [-0.3, -0.25) is 0 Å². The molecule has 0 aliphatic heterocycles. The van der Waals surface area contributed by atoms with Crippen molar-refractivity contribution in [2.24, 2.45) is 0 Å². The van der Waals surface area contributed by atoms with Gasteiger partial charge in [0.15, 0.2) is 6.33 Å². The van der Waals surface area contributed by atoms with Crippen molar-refractivity contribution in [1.82, 2.24) is 9.55 Å². The third-order valence-corrected chi connectivity index (χ3v) is 4.37. The molecule has 0 amide bonds. The second-order valence-corrected chi connectivity index (χ2v) is 6.25. The van der Waals surface area contributed by atoms with Gasteiger partial charge in [0.2, 0.25) is 0 Å². The lowest BCUT2D eigenvalue weighted by Crippen LogP contribution is -2.03. The van der Waals surface area contributed by atoms with Crippen molar-refractivity contribution in [3.05, 3.63) is 100 Å². The lowest BCUT2D eigenvalue weighted by atomic mass is 10.1. The van der Waals surface area contributed by atoms with Crippen LogP contribution >= 0.6 is 0 Å². The molecule has 134 valence electrons. The first kappa shape index (κ1) is 16.8. The third-order valence-electron chi connectivity index (χ3n) is 4.37. The third kappa shape index (κ3) is 3.79. The minimum absolute atomic E-state index is 0.0216. The van der Waals surface area contributed by atoms with Crippen molar-refractivity contribution >= 4 is 16.6 Å². The van der Waals surface area contributed by atoms with Crippen molar-refractivity contribution in [3.63, 3.8) is 0 Å². The Hall–Kier alpha value is -3.67. The molecule has 0 saturated carbocycles. The van der Waals surface area contributed by atoms with E-state index in [0.717, 1.165) is 16.9 Å². The van der Waals surface area contributed by atoms with Crippen LogP contribution in [0.4, 0.5) is 5.82 Å². The predicted octanol–water partition coefficient (Wildman–Crippen LogP) is 4.57. The van der Waals surface area contributed by atoms with E-state index in [-0.39, 0.29) is 5.82 Å². The number of imidazole rings is 1. The summed E-state index contributed by atoms with van der Waals surface area (Å²) in [6.07, 6.45) is 2.71. The largest absolute Gasteiger partial charge is 0.489 e. The lowest BCUT2D eigenvalue weighted by molar-refractivity contribution is -0.392. The molecule has 0 fully saturated rings. The van der Waals surface area contributed by atoms with Gasteiger partial charge < -0.3 is 14.9 Å². The normalized spacial score (nSPS) is 10.8. The van der Waals surface area contributed by atoms with E-state index in [1.807, 2.05) is 36.4 Å². The maximum Gasteiger partial charge on any atom is 0.342 e. The molecule has 0 spiro atoms. The van der Waals surface area contributed by atoms with Crippen molar-refractivity contribution in [2.75, 3.05) is 0 Å². The van der Waals surface area contributed by atoms with E-state index in [9.17, 15) is 10.1 Å². The Balaban J connectivity index is 1.41. The number of nitro groups is 1. The summed E-state index contributed by atoms with van der Waals surface area (Å²) in [6, 6.07) is 22.1. The summed E-state index contributed by atoms with van der Waals surface area (Å²) < 4.78 is 7.37. The molecule has 6 nitrogen and oxygen atoms in total. The van der Waals surface area contributed by atoms with E-state index < -0.39 is 4.92 Å². The topological polar surface area (TPSA) is 70.2 Å². The van der Waals surface area contributed by atoms with E-state index in [2.05, 4.69) is 35.3 Å². The molecule has 27 heavy (non-hydrogen) atoms. The molecule has 4 aromatic rings. The monoisotopic (exact) mass is 359 g/mol. The lowest BCUT2D eigenvalue weighted by Gasteiger charge is -2.08. The maximum atomic E-state index is 11.0. The minimum atomic E-state index is -0.436. The second-order valence-electron chi connectivity index (χ2n) is 6.25. The summed E-state index contributed by atoms with van der Waals surface area (Å²) in [5.41, 5.74) is 2.04. The molecule has 0 atom stereocenters. The first-order valence-electron chi connectivity index (χ1n) is 8.53. The minimum Gasteiger partial charge on any atom is -0.489 e. The Morgan fingerprint density at radius 3 is 2.48 bits per heavy atom. The number of aromatic nitrogens is 2. The Bertz CT molecular complexity index is 1090. The maximum absolute atomic E-state index is 11.0. The van der Waals surface area contributed by atoms with Gasteiger partial charge in [0, 0.05) is 0 Å². The van der Waals surface area contributed by atoms with Crippen LogP contribution in [0.5, 0.6) is 5.75 Å². The second kappa shape index (κ2) is 7.29. The highest BCUT2D eigenvalue weighted by Crippen LogP contribution is 2.19. The summed E-state index contributed by atoms with van der Waals surface area (Å²) in [4.78, 5) is 14.4. The number of ether oxygens (including phenoxy) is 1. The molecule has 3 aromatic carbocycles. The first-order chi connectivity index (χ1) is 13.2. The molecule has 4 rings (SSSR count). The summed E-state index contributed by atoms with van der Waals surface area (Å²) in [6.45, 7) is 0.873. The van der Waals surface area contributed by atoms with Crippen LogP contribution in [-0.4, -0.2) is 14.5 Å². The molecule has 6 heteroatoms. The summed E-state index contributed by atoms with van der Waals surface area (Å²) in [5.74, 6) is 0.735. The van der Waals surface area contributed by atoms with Crippen LogP contribution in [0.25, 0.3) is 10.8 Å². The molecule has 0 aliphatic carbocycles. The molecule has 0 radical (unpaired) electrons. The predicted molar refractivity (Wildman–Crippen MR) is 103 cm³/mol. The van der Waals surface area contributed by atoms with Crippen LogP contribution in [0.3, 0.4) is 0 Å².